The van der Waals surface area contributed by atoms with Gasteiger partial charge in [0.1, 0.15) is 11.4 Å². The molecule has 0 radical (unpaired) electrons. The van der Waals surface area contributed by atoms with Gasteiger partial charge in [0.05, 0.1) is 13.2 Å². The molecular weight excluding hydrogens is 406 g/mol. The number of hydrogen-bond donors (Lipinski definition) is 1. The SMILES string of the molecule is CCOc1ccc(CNC(=O)c2ccn(COc3ccc(C(C)C)cc3)n2)cc1OCC. The summed E-state index contributed by atoms with van der Waals surface area (Å²) in [5, 5.41) is 7.19. The summed E-state index contributed by atoms with van der Waals surface area (Å²) in [7, 11) is 0. The maximum Gasteiger partial charge on any atom is 0.272 e. The van der Waals surface area contributed by atoms with Crippen molar-refractivity contribution >= 4 is 5.91 Å². The number of carbonyl (C=O) groups excluding carboxylic acids is 1. The number of carbonyl (C=O) groups is 1. The third-order valence-corrected chi connectivity index (χ3v) is 4.84. The van der Waals surface area contributed by atoms with Crippen LogP contribution in [0.3, 0.4) is 0 Å². The zero-order chi connectivity index (χ0) is 22.9. The smallest absolute Gasteiger partial charge is 0.272 e. The van der Waals surface area contributed by atoms with Crippen molar-refractivity contribution in [2.75, 3.05) is 13.2 Å². The summed E-state index contributed by atoms with van der Waals surface area (Å²) in [5.74, 6) is 2.35. The standard InChI is InChI=1S/C25H31N3O4/c1-5-30-23-12-7-19(15-24(23)31-6-2)16-26-25(29)22-13-14-28(27-22)17-32-21-10-8-20(9-11-21)18(3)4/h7-15,18H,5-6,16-17H2,1-4H3,(H,26,29). The molecule has 0 fully saturated rings. The van der Waals surface area contributed by atoms with Gasteiger partial charge in [0.25, 0.3) is 5.91 Å². The van der Waals surface area contributed by atoms with E-state index < -0.39 is 0 Å². The third kappa shape index (κ3) is 6.26. The summed E-state index contributed by atoms with van der Waals surface area (Å²) in [6, 6.07) is 15.3. The van der Waals surface area contributed by atoms with Crippen LogP contribution in [0.25, 0.3) is 0 Å². The van der Waals surface area contributed by atoms with Gasteiger partial charge in [-0.25, -0.2) is 4.68 Å². The molecule has 1 heterocycles. The van der Waals surface area contributed by atoms with E-state index in [9.17, 15) is 4.79 Å². The topological polar surface area (TPSA) is 74.6 Å². The van der Waals surface area contributed by atoms with Gasteiger partial charge in [-0.1, -0.05) is 32.0 Å². The molecule has 0 atom stereocenters. The summed E-state index contributed by atoms with van der Waals surface area (Å²) < 4.78 is 18.6. The van der Waals surface area contributed by atoms with Gasteiger partial charge in [-0.2, -0.15) is 5.10 Å². The van der Waals surface area contributed by atoms with E-state index in [0.717, 1.165) is 11.3 Å². The Balaban J connectivity index is 1.53. The number of amides is 1. The summed E-state index contributed by atoms with van der Waals surface area (Å²) >= 11 is 0. The van der Waals surface area contributed by atoms with Crippen molar-refractivity contribution in [2.24, 2.45) is 0 Å². The second-order valence-corrected chi connectivity index (χ2v) is 7.57. The van der Waals surface area contributed by atoms with Crippen LogP contribution in [0, 0.1) is 0 Å². The van der Waals surface area contributed by atoms with Crippen LogP contribution in [0.5, 0.6) is 17.2 Å². The highest BCUT2D eigenvalue weighted by Gasteiger charge is 2.11. The molecule has 0 saturated carbocycles. The number of ether oxygens (including phenoxy) is 3. The highest BCUT2D eigenvalue weighted by molar-refractivity contribution is 5.92. The lowest BCUT2D eigenvalue weighted by Gasteiger charge is -2.12. The van der Waals surface area contributed by atoms with Crippen LogP contribution in [-0.2, 0) is 13.3 Å². The molecule has 1 amide bonds. The number of hydrogen-bond acceptors (Lipinski definition) is 5. The number of nitrogens with zero attached hydrogens (tertiary/aromatic N) is 2. The molecule has 0 bridgehead atoms. The highest BCUT2D eigenvalue weighted by Crippen LogP contribution is 2.28. The van der Waals surface area contributed by atoms with Gasteiger partial charge in [-0.05, 0) is 61.2 Å². The normalized spacial score (nSPS) is 10.8. The van der Waals surface area contributed by atoms with Crippen LogP contribution < -0.4 is 19.5 Å². The highest BCUT2D eigenvalue weighted by atomic mass is 16.5. The van der Waals surface area contributed by atoms with Gasteiger partial charge in [0, 0.05) is 12.7 Å². The maximum absolute atomic E-state index is 12.5. The van der Waals surface area contributed by atoms with E-state index in [1.165, 1.54) is 5.56 Å². The molecule has 7 heteroatoms. The third-order valence-electron chi connectivity index (χ3n) is 4.84. The first-order valence-corrected chi connectivity index (χ1v) is 10.9. The minimum Gasteiger partial charge on any atom is -0.490 e. The van der Waals surface area contributed by atoms with Gasteiger partial charge in [-0.3, -0.25) is 4.79 Å². The second kappa shape index (κ2) is 11.2. The molecule has 1 N–H and O–H groups in total. The molecule has 0 aliphatic heterocycles. The van der Waals surface area contributed by atoms with Gasteiger partial charge < -0.3 is 19.5 Å². The minimum absolute atomic E-state index is 0.227. The van der Waals surface area contributed by atoms with Gasteiger partial charge in [0.2, 0.25) is 0 Å². The van der Waals surface area contributed by atoms with E-state index >= 15 is 0 Å². The lowest BCUT2D eigenvalue weighted by molar-refractivity contribution is 0.0943. The maximum atomic E-state index is 12.5. The van der Waals surface area contributed by atoms with Crippen LogP contribution in [0.2, 0.25) is 0 Å². The van der Waals surface area contributed by atoms with E-state index in [4.69, 9.17) is 14.2 Å². The largest absolute Gasteiger partial charge is 0.490 e. The Morgan fingerprint density at radius 2 is 1.69 bits per heavy atom. The zero-order valence-electron chi connectivity index (χ0n) is 19.1. The molecule has 32 heavy (non-hydrogen) atoms. The van der Waals surface area contributed by atoms with Gasteiger partial charge in [-0.15, -0.1) is 0 Å². The molecule has 0 aliphatic carbocycles. The van der Waals surface area contributed by atoms with E-state index in [2.05, 4.69) is 36.4 Å². The molecule has 0 aliphatic rings. The molecule has 0 unspecified atom stereocenters. The first-order chi connectivity index (χ1) is 15.5. The molecule has 7 nitrogen and oxygen atoms in total. The van der Waals surface area contributed by atoms with E-state index in [0.29, 0.717) is 42.9 Å². The Kier molecular flexibility index (Phi) is 8.14. The van der Waals surface area contributed by atoms with E-state index in [1.807, 2.05) is 44.2 Å². The van der Waals surface area contributed by atoms with Crippen LogP contribution in [0.15, 0.2) is 54.7 Å². The first kappa shape index (κ1) is 23.2. The molecule has 3 rings (SSSR count). The zero-order valence-corrected chi connectivity index (χ0v) is 19.1. The Bertz CT molecular complexity index is 1010. The molecular formula is C25H31N3O4. The van der Waals surface area contributed by atoms with Crippen LogP contribution in [0.4, 0.5) is 0 Å². The Morgan fingerprint density at radius 3 is 2.38 bits per heavy atom. The molecule has 3 aromatic rings. The molecule has 1 aromatic heterocycles. The summed E-state index contributed by atoms with van der Waals surface area (Å²) in [4.78, 5) is 12.5. The number of benzene rings is 2. The lowest BCUT2D eigenvalue weighted by atomic mass is 10.0. The molecule has 170 valence electrons. The fraction of sp³-hybridized carbons (Fsp3) is 0.360. The van der Waals surface area contributed by atoms with Gasteiger partial charge in [0.15, 0.2) is 18.2 Å². The van der Waals surface area contributed by atoms with Crippen molar-refractivity contribution in [2.45, 2.75) is 46.9 Å². The van der Waals surface area contributed by atoms with Crippen molar-refractivity contribution < 1.29 is 19.0 Å². The summed E-state index contributed by atoms with van der Waals surface area (Å²) in [5.41, 5.74) is 2.51. The van der Waals surface area contributed by atoms with Crippen molar-refractivity contribution in [3.8, 4) is 17.2 Å². The van der Waals surface area contributed by atoms with Crippen LogP contribution in [0.1, 0.15) is 55.2 Å². The summed E-state index contributed by atoms with van der Waals surface area (Å²) in [6.07, 6.45) is 1.72. The number of rotatable bonds is 11. The average molecular weight is 438 g/mol. The van der Waals surface area contributed by atoms with Crippen LogP contribution in [-0.4, -0.2) is 28.9 Å². The average Bonchev–Trinajstić information content (AvgIpc) is 3.27. The second-order valence-electron chi connectivity index (χ2n) is 7.57. The fourth-order valence-corrected chi connectivity index (χ4v) is 3.12. The van der Waals surface area contributed by atoms with Crippen molar-refractivity contribution in [1.29, 1.82) is 0 Å². The fourth-order valence-electron chi connectivity index (χ4n) is 3.12. The molecule has 0 spiro atoms. The van der Waals surface area contributed by atoms with Crippen molar-refractivity contribution in [3.05, 3.63) is 71.5 Å². The Morgan fingerprint density at radius 1 is 0.969 bits per heavy atom. The number of aromatic nitrogens is 2. The van der Waals surface area contributed by atoms with Crippen molar-refractivity contribution in [1.82, 2.24) is 15.1 Å². The van der Waals surface area contributed by atoms with Gasteiger partial charge >= 0.3 is 0 Å². The molecule has 0 saturated heterocycles. The lowest BCUT2D eigenvalue weighted by Crippen LogP contribution is -2.23. The van der Waals surface area contributed by atoms with Crippen molar-refractivity contribution in [3.63, 3.8) is 0 Å². The Hall–Kier alpha value is -3.48. The minimum atomic E-state index is -0.253. The first-order valence-electron chi connectivity index (χ1n) is 10.9. The van der Waals surface area contributed by atoms with E-state index in [1.54, 1.807) is 16.9 Å². The monoisotopic (exact) mass is 437 g/mol. The van der Waals surface area contributed by atoms with E-state index in [-0.39, 0.29) is 12.6 Å². The predicted octanol–water partition coefficient (Wildman–Crippen LogP) is 4.77. The quantitative estimate of drug-likeness (QED) is 0.468. The summed E-state index contributed by atoms with van der Waals surface area (Å²) in [6.45, 7) is 9.84. The van der Waals surface area contributed by atoms with Crippen LogP contribution >= 0.6 is 0 Å². The predicted molar refractivity (Wildman–Crippen MR) is 123 cm³/mol. The molecule has 2 aromatic carbocycles. The number of nitrogens with one attached hydrogen (secondary N) is 1. The Labute approximate surface area is 189 Å².